The quantitative estimate of drug-likeness (QED) is 0.313. The molecule has 6 heteroatoms. The normalized spacial score (nSPS) is 19.4. The summed E-state index contributed by atoms with van der Waals surface area (Å²) in [5, 5.41) is 0. The average Bonchev–Trinajstić information content (AvgIpc) is 2.86. The maximum Gasteiger partial charge on any atom is 0.485 e. The molecule has 1 atom stereocenters. The Morgan fingerprint density at radius 3 is 2.50 bits per heavy atom. The van der Waals surface area contributed by atoms with Crippen molar-refractivity contribution in [3.63, 3.8) is 0 Å². The number of nitrogens with zero attached hydrogens (tertiary/aromatic N) is 2. The zero-order valence-corrected chi connectivity index (χ0v) is 20.8. The Labute approximate surface area is 203 Å². The number of methoxy groups -OCH3 is 1. The van der Waals surface area contributed by atoms with Crippen LogP contribution in [-0.2, 0) is 11.3 Å². The van der Waals surface area contributed by atoms with Crippen LogP contribution >= 0.6 is 0 Å². The van der Waals surface area contributed by atoms with Crippen LogP contribution in [0.2, 0.25) is 0 Å². The van der Waals surface area contributed by atoms with Gasteiger partial charge in [0, 0.05) is 25.6 Å². The minimum atomic E-state index is 0.183. The van der Waals surface area contributed by atoms with Gasteiger partial charge in [-0.1, -0.05) is 18.2 Å². The summed E-state index contributed by atoms with van der Waals surface area (Å²) in [4.78, 5) is 14.8. The Morgan fingerprint density at radius 1 is 1.06 bits per heavy atom. The highest BCUT2D eigenvalue weighted by Gasteiger charge is 2.31. The predicted molar refractivity (Wildman–Crippen MR) is 135 cm³/mol. The molecule has 2 aliphatic rings. The number of likely N-dealkylation sites (tertiary alicyclic amines) is 1. The van der Waals surface area contributed by atoms with Gasteiger partial charge in [0.25, 0.3) is 0 Å². The van der Waals surface area contributed by atoms with Crippen molar-refractivity contribution in [1.29, 1.82) is 0 Å². The molecule has 1 saturated heterocycles. The van der Waals surface area contributed by atoms with Gasteiger partial charge >= 0.3 is 5.97 Å². The van der Waals surface area contributed by atoms with Gasteiger partial charge in [-0.15, -0.1) is 0 Å². The number of likely N-dealkylation sites (N-methyl/N-ethyl adjacent to an activating group) is 1. The molecule has 0 spiro atoms. The van der Waals surface area contributed by atoms with Crippen LogP contribution in [0.4, 0.5) is 0 Å². The number of fused-ring (bicyclic) bond motifs is 1. The van der Waals surface area contributed by atoms with E-state index in [9.17, 15) is 4.79 Å². The number of carbonyl (C=O) groups excluding carboxylic acids is 1. The van der Waals surface area contributed by atoms with Crippen LogP contribution in [0.1, 0.15) is 48.8 Å². The second-order valence-corrected chi connectivity index (χ2v) is 9.47. The lowest BCUT2D eigenvalue weighted by Gasteiger charge is -2.33. The summed E-state index contributed by atoms with van der Waals surface area (Å²) in [6, 6.07) is 15.0. The number of ether oxygens (including phenoxy) is 3. The van der Waals surface area contributed by atoms with Gasteiger partial charge < -0.3 is 28.8 Å². The number of hydrogen-bond donors (Lipinski definition) is 0. The van der Waals surface area contributed by atoms with Gasteiger partial charge in [0.15, 0.2) is 6.61 Å². The first-order valence-electron chi connectivity index (χ1n) is 12.6. The number of hydrogen-bond acceptors (Lipinski definition) is 5. The fraction of sp³-hybridized carbons (Fsp3) is 0.536. The maximum atomic E-state index is 9.95. The topological polar surface area (TPSA) is 55.6 Å². The molecule has 0 aromatic heterocycles. The van der Waals surface area contributed by atoms with E-state index in [4.69, 9.17) is 14.2 Å². The first-order valence-corrected chi connectivity index (χ1v) is 12.6. The minimum Gasteiger partial charge on any atom is -0.497 e. The Morgan fingerprint density at radius 2 is 1.79 bits per heavy atom. The second kappa shape index (κ2) is 11.7. The molecule has 1 unspecified atom stereocenters. The van der Waals surface area contributed by atoms with Gasteiger partial charge in [-0.25, -0.2) is 0 Å². The van der Waals surface area contributed by atoms with Crippen molar-refractivity contribution in [2.45, 2.75) is 38.6 Å². The van der Waals surface area contributed by atoms with Crippen LogP contribution in [0, 0.1) is 5.92 Å². The molecule has 4 rings (SSSR count). The molecule has 6 nitrogen and oxygen atoms in total. The van der Waals surface area contributed by atoms with Crippen molar-refractivity contribution in [2.75, 3.05) is 53.6 Å². The first-order chi connectivity index (χ1) is 16.6. The summed E-state index contributed by atoms with van der Waals surface area (Å²) < 4.78 is 16.7. The lowest BCUT2D eigenvalue weighted by molar-refractivity contribution is 0.168. The number of benzene rings is 2. The first kappa shape index (κ1) is 24.6. The Bertz CT molecular complexity index is 938. The third-order valence-corrected chi connectivity index (χ3v) is 7.06. The molecule has 0 saturated carbocycles. The summed E-state index contributed by atoms with van der Waals surface area (Å²) in [5.74, 6) is 2.61. The molecule has 2 aromatic carbocycles. The minimum absolute atomic E-state index is 0.183. The highest BCUT2D eigenvalue weighted by Crippen LogP contribution is 2.35. The van der Waals surface area contributed by atoms with E-state index in [0.29, 0.717) is 19.1 Å². The molecule has 2 aromatic rings. The molecule has 184 valence electrons. The van der Waals surface area contributed by atoms with E-state index >= 15 is 0 Å². The number of esters is 1. The molecule has 34 heavy (non-hydrogen) atoms. The van der Waals surface area contributed by atoms with Gasteiger partial charge in [-0.3, -0.25) is 0 Å². The van der Waals surface area contributed by atoms with Gasteiger partial charge in [0.2, 0.25) is 0 Å². The number of piperidine rings is 1. The lowest BCUT2D eigenvalue weighted by atomic mass is 9.84. The fourth-order valence-corrected chi connectivity index (χ4v) is 5.18. The molecule has 0 bridgehead atoms. The molecule has 2 aliphatic heterocycles. The Balaban J connectivity index is 1.27. The van der Waals surface area contributed by atoms with Gasteiger partial charge in [0.1, 0.15) is 17.4 Å². The summed E-state index contributed by atoms with van der Waals surface area (Å²) in [7, 11) is 3.89. The van der Waals surface area contributed by atoms with Crippen molar-refractivity contribution < 1.29 is 19.0 Å². The monoisotopic (exact) mass is 467 g/mol. The summed E-state index contributed by atoms with van der Waals surface area (Å²) in [6.45, 7) is 8.13. The smallest absolute Gasteiger partial charge is 0.485 e. The maximum absolute atomic E-state index is 9.95. The summed E-state index contributed by atoms with van der Waals surface area (Å²) >= 11 is 0. The SMILES string of the molecule is CCOC(=[OH+])C1CCN(CCCOc2ccc3c(c2)CN(C)CC3c2ccc(OC)cc2)CC1. The van der Waals surface area contributed by atoms with Gasteiger partial charge in [-0.2, -0.15) is 0 Å². The molecule has 1 N–H and O–H groups in total. The van der Waals surface area contributed by atoms with E-state index in [0.717, 1.165) is 63.5 Å². The summed E-state index contributed by atoms with van der Waals surface area (Å²) in [5.41, 5.74) is 4.06. The van der Waals surface area contributed by atoms with Crippen molar-refractivity contribution in [1.82, 2.24) is 9.80 Å². The molecule has 0 aliphatic carbocycles. The lowest BCUT2D eigenvalue weighted by Crippen LogP contribution is -2.37. The third-order valence-electron chi connectivity index (χ3n) is 7.06. The standard InChI is InChI=1S/C28H38N2O4/c1-4-33-28(31)22-12-15-30(16-13-22)14-5-17-34-25-10-11-26-23(18-25)19-29(2)20-27(26)21-6-8-24(32-3)9-7-21/h6-11,18,22,27H,4-5,12-17,19-20H2,1-3H3/p+1. The largest absolute Gasteiger partial charge is 0.497 e. The van der Waals surface area contributed by atoms with Crippen molar-refractivity contribution in [2.24, 2.45) is 5.92 Å². The van der Waals surface area contributed by atoms with Gasteiger partial charge in [0.05, 0.1) is 13.7 Å². The molecule has 1 fully saturated rings. The molecular weight excluding hydrogens is 428 g/mol. The van der Waals surface area contributed by atoms with Gasteiger partial charge in [-0.05, 0) is 87.3 Å². The predicted octanol–water partition coefficient (Wildman–Crippen LogP) is 4.29. The van der Waals surface area contributed by atoms with Crippen molar-refractivity contribution in [3.05, 3.63) is 59.2 Å². The van der Waals surface area contributed by atoms with Crippen LogP contribution in [-0.4, -0.2) is 74.1 Å². The van der Waals surface area contributed by atoms with E-state index in [1.165, 1.54) is 16.7 Å². The van der Waals surface area contributed by atoms with Crippen LogP contribution in [0.15, 0.2) is 42.5 Å². The van der Waals surface area contributed by atoms with Crippen LogP contribution in [0.5, 0.6) is 11.5 Å². The Hall–Kier alpha value is -2.57. The van der Waals surface area contributed by atoms with E-state index in [1.807, 2.05) is 19.1 Å². The van der Waals surface area contributed by atoms with Crippen molar-refractivity contribution >= 4 is 5.97 Å². The fourth-order valence-electron chi connectivity index (χ4n) is 5.18. The highest BCUT2D eigenvalue weighted by molar-refractivity contribution is 5.73. The Kier molecular flexibility index (Phi) is 8.46. The van der Waals surface area contributed by atoms with Crippen LogP contribution < -0.4 is 9.47 Å². The molecular formula is C28H39N2O4+. The van der Waals surface area contributed by atoms with Crippen LogP contribution in [0.3, 0.4) is 0 Å². The van der Waals surface area contributed by atoms with Crippen LogP contribution in [0.25, 0.3) is 0 Å². The highest BCUT2D eigenvalue weighted by atomic mass is 16.5. The van der Waals surface area contributed by atoms with E-state index in [1.54, 1.807) is 7.11 Å². The zero-order chi connectivity index (χ0) is 23.9. The average molecular weight is 468 g/mol. The van der Waals surface area contributed by atoms with E-state index < -0.39 is 0 Å². The molecule has 2 heterocycles. The third kappa shape index (κ3) is 6.10. The van der Waals surface area contributed by atoms with Crippen molar-refractivity contribution in [3.8, 4) is 11.5 Å². The molecule has 0 amide bonds. The zero-order valence-electron chi connectivity index (χ0n) is 20.8. The summed E-state index contributed by atoms with van der Waals surface area (Å²) in [6.07, 6.45) is 2.91. The second-order valence-electron chi connectivity index (χ2n) is 9.47. The number of rotatable bonds is 9. The van der Waals surface area contributed by atoms with E-state index in [-0.39, 0.29) is 11.9 Å². The molecule has 0 radical (unpaired) electrons. The van der Waals surface area contributed by atoms with E-state index in [2.05, 4.69) is 47.2 Å².